The van der Waals surface area contributed by atoms with E-state index in [-0.39, 0.29) is 19.7 Å². The normalized spacial score (nSPS) is 11.9. The predicted molar refractivity (Wildman–Crippen MR) is 94.6 cm³/mol. The van der Waals surface area contributed by atoms with Crippen molar-refractivity contribution in [2.45, 2.75) is 33.3 Å². The second-order valence-electron chi connectivity index (χ2n) is 5.77. The molecule has 1 rings (SSSR count). The zero-order valence-corrected chi connectivity index (χ0v) is 14.8. The third kappa shape index (κ3) is 4.68. The summed E-state index contributed by atoms with van der Waals surface area (Å²) in [5, 5.41) is 32.3. The van der Waals surface area contributed by atoms with E-state index in [1.165, 1.54) is 0 Å². The van der Waals surface area contributed by atoms with E-state index in [9.17, 15) is 14.7 Å². The molecular formula is C17H27N3O5. The Bertz CT molecular complexity index is 646. The number of carbonyl (C=O) groups excluding carboxylic acids is 2. The number of hydrogen-bond donors (Lipinski definition) is 6. The van der Waals surface area contributed by atoms with Crippen LogP contribution in [-0.4, -0.2) is 59.5 Å². The van der Waals surface area contributed by atoms with Gasteiger partial charge in [-0.1, -0.05) is 6.92 Å². The van der Waals surface area contributed by atoms with Gasteiger partial charge in [0.15, 0.2) is 0 Å². The van der Waals surface area contributed by atoms with Crippen molar-refractivity contribution in [1.29, 1.82) is 0 Å². The average Bonchev–Trinajstić information content (AvgIpc) is 2.61. The highest BCUT2D eigenvalue weighted by Gasteiger charge is 2.25. The van der Waals surface area contributed by atoms with Crippen molar-refractivity contribution in [1.82, 2.24) is 10.6 Å². The van der Waals surface area contributed by atoms with E-state index in [1.807, 2.05) is 6.92 Å². The van der Waals surface area contributed by atoms with E-state index < -0.39 is 24.5 Å². The molecule has 0 radical (unpaired) electrons. The van der Waals surface area contributed by atoms with Crippen molar-refractivity contribution >= 4 is 17.5 Å². The van der Waals surface area contributed by atoms with Gasteiger partial charge in [-0.25, -0.2) is 0 Å². The molecule has 2 amide bonds. The first kappa shape index (κ1) is 20.9. The minimum absolute atomic E-state index is 0.0967. The lowest BCUT2D eigenvalue weighted by Crippen LogP contribution is -2.36. The van der Waals surface area contributed by atoms with Gasteiger partial charge in [0.25, 0.3) is 11.8 Å². The summed E-state index contributed by atoms with van der Waals surface area (Å²) in [5.74, 6) is -0.871. The monoisotopic (exact) mass is 353 g/mol. The van der Waals surface area contributed by atoms with Gasteiger partial charge < -0.3 is 31.7 Å². The fourth-order valence-corrected chi connectivity index (χ4v) is 2.72. The predicted octanol–water partition coefficient (Wildman–Crippen LogP) is -0.747. The van der Waals surface area contributed by atoms with Gasteiger partial charge in [0.05, 0.1) is 19.3 Å². The smallest absolute Gasteiger partial charge is 0.252 e. The first-order chi connectivity index (χ1) is 11.8. The van der Waals surface area contributed by atoms with Crippen molar-refractivity contribution in [3.63, 3.8) is 0 Å². The van der Waals surface area contributed by atoms with Gasteiger partial charge in [0.2, 0.25) is 0 Å². The Labute approximate surface area is 147 Å². The maximum atomic E-state index is 12.6. The Morgan fingerprint density at radius 1 is 1.08 bits per heavy atom. The number of benzene rings is 1. The molecule has 0 bridgehead atoms. The average molecular weight is 353 g/mol. The summed E-state index contributed by atoms with van der Waals surface area (Å²) >= 11 is 0. The molecule has 0 aliphatic heterocycles. The second-order valence-corrected chi connectivity index (χ2v) is 5.77. The van der Waals surface area contributed by atoms with Gasteiger partial charge in [-0.2, -0.15) is 0 Å². The van der Waals surface area contributed by atoms with Crippen LogP contribution in [0.25, 0.3) is 0 Å². The molecule has 1 unspecified atom stereocenters. The maximum Gasteiger partial charge on any atom is 0.252 e. The molecule has 0 saturated heterocycles. The standard InChI is InChI=1S/C17H27N3O5/c1-4-12-13(16(24)19-5-6-21)9(2)15(18)10(3)14(12)17(25)20-7-11(23)8-22/h11,21-23H,4-8,18H2,1-3H3,(H,19,24)(H,20,25). The van der Waals surface area contributed by atoms with Crippen LogP contribution in [0.3, 0.4) is 0 Å². The molecule has 25 heavy (non-hydrogen) atoms. The van der Waals surface area contributed by atoms with Crippen molar-refractivity contribution < 1.29 is 24.9 Å². The molecule has 0 spiro atoms. The van der Waals surface area contributed by atoms with Crippen LogP contribution in [0.4, 0.5) is 5.69 Å². The van der Waals surface area contributed by atoms with Crippen LogP contribution >= 0.6 is 0 Å². The highest BCUT2D eigenvalue weighted by molar-refractivity contribution is 6.06. The minimum atomic E-state index is -1.07. The lowest BCUT2D eigenvalue weighted by atomic mass is 9.88. The molecule has 0 aliphatic rings. The van der Waals surface area contributed by atoms with Gasteiger partial charge >= 0.3 is 0 Å². The first-order valence-electron chi connectivity index (χ1n) is 8.17. The third-order valence-corrected chi connectivity index (χ3v) is 4.08. The molecule has 140 valence electrons. The van der Waals surface area contributed by atoms with E-state index in [1.54, 1.807) is 13.8 Å². The summed E-state index contributed by atoms with van der Waals surface area (Å²) in [5.41, 5.74) is 8.75. The Kier molecular flexibility index (Phi) is 7.82. The molecule has 7 N–H and O–H groups in total. The number of aliphatic hydroxyl groups is 3. The molecule has 8 nitrogen and oxygen atoms in total. The third-order valence-electron chi connectivity index (χ3n) is 4.08. The topological polar surface area (TPSA) is 145 Å². The molecule has 1 aromatic carbocycles. The first-order valence-corrected chi connectivity index (χ1v) is 8.17. The summed E-state index contributed by atoms with van der Waals surface area (Å²) in [6.07, 6.45) is -0.640. The maximum absolute atomic E-state index is 12.6. The Balaban J connectivity index is 3.39. The van der Waals surface area contributed by atoms with Gasteiger partial charge in [0.1, 0.15) is 0 Å². The summed E-state index contributed by atoms with van der Waals surface area (Å²) in [4.78, 5) is 25.1. The molecule has 1 atom stereocenters. The number of carbonyl (C=O) groups is 2. The summed E-state index contributed by atoms with van der Waals surface area (Å²) < 4.78 is 0. The summed E-state index contributed by atoms with van der Waals surface area (Å²) in [6.45, 7) is 4.56. The minimum Gasteiger partial charge on any atom is -0.398 e. The molecule has 0 heterocycles. The van der Waals surface area contributed by atoms with Crippen LogP contribution in [0, 0.1) is 13.8 Å². The number of anilines is 1. The molecule has 0 fully saturated rings. The van der Waals surface area contributed by atoms with Crippen molar-refractivity contribution in [3.05, 3.63) is 27.8 Å². The number of nitrogens with one attached hydrogen (secondary N) is 2. The number of nitrogens with two attached hydrogens (primary N) is 1. The number of hydrogen-bond acceptors (Lipinski definition) is 6. The van der Waals surface area contributed by atoms with Crippen molar-refractivity contribution in [2.75, 3.05) is 32.0 Å². The van der Waals surface area contributed by atoms with Crippen LogP contribution in [0.1, 0.15) is 44.3 Å². The largest absolute Gasteiger partial charge is 0.398 e. The van der Waals surface area contributed by atoms with Crippen molar-refractivity contribution in [3.8, 4) is 0 Å². The fraction of sp³-hybridized carbons (Fsp3) is 0.529. The van der Waals surface area contributed by atoms with Gasteiger partial charge in [-0.3, -0.25) is 9.59 Å². The zero-order chi connectivity index (χ0) is 19.1. The number of aliphatic hydroxyl groups excluding tert-OH is 3. The molecule has 0 saturated carbocycles. The Morgan fingerprint density at radius 3 is 2.04 bits per heavy atom. The molecule has 0 aromatic heterocycles. The van der Waals surface area contributed by atoms with Crippen LogP contribution in [0.15, 0.2) is 0 Å². The van der Waals surface area contributed by atoms with Crippen LogP contribution in [-0.2, 0) is 6.42 Å². The quantitative estimate of drug-likeness (QED) is 0.339. The Morgan fingerprint density at radius 2 is 1.60 bits per heavy atom. The zero-order valence-electron chi connectivity index (χ0n) is 14.8. The molecule has 0 aliphatic carbocycles. The summed E-state index contributed by atoms with van der Waals surface area (Å²) in [6, 6.07) is 0. The van der Waals surface area contributed by atoms with E-state index >= 15 is 0 Å². The fourth-order valence-electron chi connectivity index (χ4n) is 2.72. The van der Waals surface area contributed by atoms with Gasteiger partial charge in [0, 0.05) is 29.9 Å². The van der Waals surface area contributed by atoms with E-state index in [2.05, 4.69) is 10.6 Å². The lowest BCUT2D eigenvalue weighted by molar-refractivity contribution is 0.0801. The lowest BCUT2D eigenvalue weighted by Gasteiger charge is -2.21. The molecule has 8 heteroatoms. The highest BCUT2D eigenvalue weighted by atomic mass is 16.3. The van der Waals surface area contributed by atoms with Gasteiger partial charge in [-0.15, -0.1) is 0 Å². The highest BCUT2D eigenvalue weighted by Crippen LogP contribution is 2.30. The van der Waals surface area contributed by atoms with Crippen LogP contribution in [0.2, 0.25) is 0 Å². The number of rotatable bonds is 8. The number of amides is 2. The van der Waals surface area contributed by atoms with E-state index in [0.29, 0.717) is 39.9 Å². The SMILES string of the molecule is CCc1c(C(=O)NCCO)c(C)c(N)c(C)c1C(=O)NCC(O)CO. The molecular weight excluding hydrogens is 326 g/mol. The molecule has 1 aromatic rings. The summed E-state index contributed by atoms with van der Waals surface area (Å²) in [7, 11) is 0. The second kappa shape index (κ2) is 9.36. The van der Waals surface area contributed by atoms with E-state index in [4.69, 9.17) is 15.9 Å². The van der Waals surface area contributed by atoms with Crippen molar-refractivity contribution in [2.24, 2.45) is 0 Å². The number of nitrogen functional groups attached to an aromatic ring is 1. The van der Waals surface area contributed by atoms with Gasteiger partial charge in [-0.05, 0) is 37.0 Å². The Hall–Kier alpha value is -2.16. The van der Waals surface area contributed by atoms with Crippen LogP contribution < -0.4 is 16.4 Å². The van der Waals surface area contributed by atoms with Crippen LogP contribution in [0.5, 0.6) is 0 Å². The van der Waals surface area contributed by atoms with E-state index in [0.717, 1.165) is 0 Å².